The molecular formula is C10H18N2OS. The fraction of sp³-hybridized carbons (Fsp3) is 0.700. The summed E-state index contributed by atoms with van der Waals surface area (Å²) in [5.74, 6) is 0. The van der Waals surface area contributed by atoms with Gasteiger partial charge in [0.1, 0.15) is 0 Å². The maximum Gasteiger partial charge on any atom is 0.0898 e. The summed E-state index contributed by atoms with van der Waals surface area (Å²) in [6.07, 6.45) is 0.934. The number of thiazole rings is 1. The van der Waals surface area contributed by atoms with E-state index in [-0.39, 0.29) is 18.7 Å². The van der Waals surface area contributed by atoms with Crippen LogP contribution in [-0.4, -0.2) is 22.7 Å². The third-order valence-corrected chi connectivity index (χ3v) is 3.07. The van der Waals surface area contributed by atoms with Gasteiger partial charge >= 0.3 is 0 Å². The van der Waals surface area contributed by atoms with Crippen LogP contribution >= 0.6 is 11.3 Å². The summed E-state index contributed by atoms with van der Waals surface area (Å²) in [6, 6.07) is 0.393. The normalized spacial score (nSPS) is 15.4. The molecule has 4 heteroatoms. The second kappa shape index (κ2) is 5.44. The smallest absolute Gasteiger partial charge is 0.0898 e. The molecule has 1 aromatic heterocycles. The predicted molar refractivity (Wildman–Crippen MR) is 59.6 cm³/mol. The zero-order valence-electron chi connectivity index (χ0n) is 8.95. The Morgan fingerprint density at radius 2 is 2.36 bits per heavy atom. The molecule has 0 radical (unpaired) electrons. The molecule has 0 saturated carbocycles. The lowest BCUT2D eigenvalue weighted by Crippen LogP contribution is -2.34. The Kier molecular flexibility index (Phi) is 4.51. The van der Waals surface area contributed by atoms with Crippen LogP contribution in [0, 0.1) is 6.92 Å². The van der Waals surface area contributed by atoms with E-state index in [1.807, 2.05) is 6.92 Å². The first kappa shape index (κ1) is 11.6. The molecule has 3 nitrogen and oxygen atoms in total. The van der Waals surface area contributed by atoms with Crippen LogP contribution in [0.1, 0.15) is 37.0 Å². The van der Waals surface area contributed by atoms with Crippen molar-refractivity contribution in [2.75, 3.05) is 6.61 Å². The van der Waals surface area contributed by atoms with Gasteiger partial charge in [-0.1, -0.05) is 6.92 Å². The van der Waals surface area contributed by atoms with E-state index in [4.69, 9.17) is 5.11 Å². The molecule has 0 aliphatic rings. The van der Waals surface area contributed by atoms with Crippen LogP contribution in [0.5, 0.6) is 0 Å². The van der Waals surface area contributed by atoms with Crippen molar-refractivity contribution in [3.8, 4) is 0 Å². The monoisotopic (exact) mass is 214 g/mol. The molecule has 2 atom stereocenters. The second-order valence-corrected chi connectivity index (χ2v) is 4.53. The number of rotatable bonds is 5. The molecule has 1 unspecified atom stereocenters. The van der Waals surface area contributed by atoms with Crippen molar-refractivity contribution < 1.29 is 5.11 Å². The minimum absolute atomic E-state index is 0.173. The van der Waals surface area contributed by atoms with Crippen molar-refractivity contribution in [2.24, 2.45) is 0 Å². The van der Waals surface area contributed by atoms with E-state index >= 15 is 0 Å². The van der Waals surface area contributed by atoms with Gasteiger partial charge in [0.05, 0.1) is 17.3 Å². The topological polar surface area (TPSA) is 45.1 Å². The summed E-state index contributed by atoms with van der Waals surface area (Å²) in [6.45, 7) is 6.33. The molecule has 0 amide bonds. The first-order valence-electron chi connectivity index (χ1n) is 4.96. The van der Waals surface area contributed by atoms with E-state index in [1.165, 1.54) is 0 Å². The lowest BCUT2D eigenvalue weighted by molar-refractivity contribution is 0.229. The van der Waals surface area contributed by atoms with Crippen LogP contribution in [0.4, 0.5) is 0 Å². The lowest BCUT2D eigenvalue weighted by atomic mass is 10.2. The van der Waals surface area contributed by atoms with E-state index in [0.29, 0.717) is 0 Å². The summed E-state index contributed by atoms with van der Waals surface area (Å²) in [4.78, 5) is 4.41. The van der Waals surface area contributed by atoms with Crippen LogP contribution in [0.15, 0.2) is 5.38 Å². The van der Waals surface area contributed by atoms with Crippen LogP contribution < -0.4 is 5.32 Å². The molecule has 1 aromatic rings. The fourth-order valence-corrected chi connectivity index (χ4v) is 2.02. The molecule has 14 heavy (non-hydrogen) atoms. The summed E-state index contributed by atoms with van der Waals surface area (Å²) >= 11 is 1.66. The molecular weight excluding hydrogens is 196 g/mol. The van der Waals surface area contributed by atoms with Gasteiger partial charge in [-0.2, -0.15) is 0 Å². The number of aromatic nitrogens is 1. The maximum atomic E-state index is 9.05. The zero-order chi connectivity index (χ0) is 10.6. The molecule has 0 fully saturated rings. The van der Waals surface area contributed by atoms with Crippen LogP contribution in [0.25, 0.3) is 0 Å². The third kappa shape index (κ3) is 3.04. The van der Waals surface area contributed by atoms with E-state index in [0.717, 1.165) is 17.1 Å². The number of aliphatic hydroxyl groups excluding tert-OH is 1. The first-order chi connectivity index (χ1) is 6.67. The van der Waals surface area contributed by atoms with Crippen LogP contribution in [0.2, 0.25) is 0 Å². The average Bonchev–Trinajstić information content (AvgIpc) is 2.61. The number of aliphatic hydroxyl groups is 1. The van der Waals surface area contributed by atoms with E-state index in [2.05, 4.69) is 29.5 Å². The van der Waals surface area contributed by atoms with Gasteiger partial charge in [0.25, 0.3) is 0 Å². The van der Waals surface area contributed by atoms with Crippen molar-refractivity contribution in [3.05, 3.63) is 16.1 Å². The third-order valence-electron chi connectivity index (χ3n) is 2.28. The summed E-state index contributed by atoms with van der Waals surface area (Å²) in [5.41, 5.74) is 1.07. The number of hydrogen-bond acceptors (Lipinski definition) is 4. The molecule has 0 saturated heterocycles. The standard InChI is InChI=1S/C10H18N2OS/c1-4-9(5-13)11-7(2)10-6-14-8(3)12-10/h6-7,9,11,13H,4-5H2,1-3H3/t7?,9-/m1/s1. The molecule has 2 N–H and O–H groups in total. The van der Waals surface area contributed by atoms with E-state index < -0.39 is 0 Å². The van der Waals surface area contributed by atoms with E-state index in [9.17, 15) is 0 Å². The van der Waals surface area contributed by atoms with Crippen LogP contribution in [0.3, 0.4) is 0 Å². The Balaban J connectivity index is 2.53. The van der Waals surface area contributed by atoms with Crippen LogP contribution in [-0.2, 0) is 0 Å². The fourth-order valence-electron chi connectivity index (χ4n) is 1.32. The first-order valence-corrected chi connectivity index (χ1v) is 5.84. The number of nitrogens with one attached hydrogen (secondary N) is 1. The van der Waals surface area contributed by atoms with Crippen molar-refractivity contribution in [3.63, 3.8) is 0 Å². The quantitative estimate of drug-likeness (QED) is 0.786. The van der Waals surface area contributed by atoms with Crippen molar-refractivity contribution >= 4 is 11.3 Å². The highest BCUT2D eigenvalue weighted by molar-refractivity contribution is 7.09. The SMILES string of the molecule is CC[C@H](CO)NC(C)c1csc(C)n1. The number of aryl methyl sites for hydroxylation is 1. The molecule has 80 valence electrons. The summed E-state index contributed by atoms with van der Waals surface area (Å²) in [5, 5.41) is 15.5. The van der Waals surface area contributed by atoms with Gasteiger partial charge in [0.15, 0.2) is 0 Å². The van der Waals surface area contributed by atoms with Crippen molar-refractivity contribution in [1.82, 2.24) is 10.3 Å². The molecule has 0 aliphatic heterocycles. The molecule has 0 aromatic carbocycles. The van der Waals surface area contributed by atoms with Gasteiger partial charge in [-0.05, 0) is 20.3 Å². The van der Waals surface area contributed by atoms with Gasteiger partial charge in [-0.25, -0.2) is 4.98 Å². The van der Waals surface area contributed by atoms with Gasteiger partial charge in [0, 0.05) is 17.5 Å². The molecule has 1 heterocycles. The Labute approximate surface area is 89.2 Å². The van der Waals surface area contributed by atoms with Crippen molar-refractivity contribution in [2.45, 2.75) is 39.3 Å². The predicted octanol–water partition coefficient (Wildman–Crippen LogP) is 1.87. The second-order valence-electron chi connectivity index (χ2n) is 3.47. The van der Waals surface area contributed by atoms with Gasteiger partial charge in [-0.3, -0.25) is 0 Å². The Morgan fingerprint density at radius 3 is 2.79 bits per heavy atom. The molecule has 0 bridgehead atoms. The van der Waals surface area contributed by atoms with Gasteiger partial charge in [0.2, 0.25) is 0 Å². The molecule has 0 aliphatic carbocycles. The highest BCUT2D eigenvalue weighted by Gasteiger charge is 2.12. The van der Waals surface area contributed by atoms with Gasteiger partial charge < -0.3 is 10.4 Å². The minimum Gasteiger partial charge on any atom is -0.395 e. The van der Waals surface area contributed by atoms with E-state index in [1.54, 1.807) is 11.3 Å². The minimum atomic E-state index is 0.173. The Morgan fingerprint density at radius 1 is 1.64 bits per heavy atom. The number of hydrogen-bond donors (Lipinski definition) is 2. The Hall–Kier alpha value is -0.450. The van der Waals surface area contributed by atoms with Crippen molar-refractivity contribution in [1.29, 1.82) is 0 Å². The Bertz CT molecular complexity index is 271. The lowest BCUT2D eigenvalue weighted by Gasteiger charge is -2.18. The summed E-state index contributed by atoms with van der Waals surface area (Å²) in [7, 11) is 0. The number of nitrogens with zero attached hydrogens (tertiary/aromatic N) is 1. The summed E-state index contributed by atoms with van der Waals surface area (Å²) < 4.78 is 0. The van der Waals surface area contributed by atoms with Gasteiger partial charge in [-0.15, -0.1) is 11.3 Å². The average molecular weight is 214 g/mol. The molecule has 1 rings (SSSR count). The zero-order valence-corrected chi connectivity index (χ0v) is 9.77. The molecule has 0 spiro atoms. The highest BCUT2D eigenvalue weighted by atomic mass is 32.1. The maximum absolute atomic E-state index is 9.05. The largest absolute Gasteiger partial charge is 0.395 e. The highest BCUT2D eigenvalue weighted by Crippen LogP contribution is 2.16.